The van der Waals surface area contributed by atoms with Crippen molar-refractivity contribution >= 4 is 33.5 Å². The molecule has 1 heterocycles. The molecule has 0 saturated carbocycles. The number of aryl methyl sites for hydroxylation is 2. The maximum Gasteiger partial charge on any atom is 0.316 e. The van der Waals surface area contributed by atoms with Crippen molar-refractivity contribution in [3.05, 3.63) is 58.1 Å². The van der Waals surface area contributed by atoms with Crippen molar-refractivity contribution in [2.45, 2.75) is 20.3 Å². The maximum atomic E-state index is 12.3. The minimum atomic E-state index is -0.443. The Morgan fingerprint density at radius 3 is 2.38 bits per heavy atom. The number of nitrogens with zero attached hydrogens (tertiary/aromatic N) is 1. The van der Waals surface area contributed by atoms with Crippen LogP contribution in [0.2, 0.25) is 0 Å². The van der Waals surface area contributed by atoms with E-state index in [2.05, 4.69) is 22.0 Å². The molecule has 0 radical (unpaired) electrons. The number of amides is 1. The number of benzene rings is 2. The van der Waals surface area contributed by atoms with E-state index in [0.29, 0.717) is 12.3 Å². The molecule has 124 valence electrons. The van der Waals surface area contributed by atoms with E-state index < -0.39 is 5.92 Å². The van der Waals surface area contributed by atoms with Gasteiger partial charge in [0.2, 0.25) is 5.91 Å². The molecule has 5 heteroatoms. The summed E-state index contributed by atoms with van der Waals surface area (Å²) in [6.07, 6.45) is 0.183. The summed E-state index contributed by atoms with van der Waals surface area (Å²) in [5.41, 5.74) is 3.04. The molecule has 1 saturated heterocycles. The third-order valence-electron chi connectivity index (χ3n) is 4.01. The molecule has 3 rings (SSSR count). The van der Waals surface area contributed by atoms with E-state index in [1.54, 1.807) is 17.0 Å². The van der Waals surface area contributed by atoms with Gasteiger partial charge in [-0.05, 0) is 61.4 Å². The number of esters is 1. The minimum absolute atomic E-state index is 0.0437. The Balaban J connectivity index is 1.71. The van der Waals surface area contributed by atoms with E-state index in [4.69, 9.17) is 4.74 Å². The predicted molar refractivity (Wildman–Crippen MR) is 96.2 cm³/mol. The van der Waals surface area contributed by atoms with Gasteiger partial charge >= 0.3 is 5.97 Å². The van der Waals surface area contributed by atoms with E-state index in [-0.39, 0.29) is 18.3 Å². The summed E-state index contributed by atoms with van der Waals surface area (Å²) in [6.45, 7) is 4.35. The molecule has 0 aromatic heterocycles. The van der Waals surface area contributed by atoms with Crippen molar-refractivity contribution < 1.29 is 14.3 Å². The Morgan fingerprint density at radius 2 is 1.75 bits per heavy atom. The SMILES string of the molecule is Cc1cc(C)cc(N2C[C@@H](C(=O)Oc3ccc(Br)cc3)CC2=O)c1. The average molecular weight is 388 g/mol. The van der Waals surface area contributed by atoms with Crippen LogP contribution in [0.1, 0.15) is 17.5 Å². The highest BCUT2D eigenvalue weighted by Gasteiger charge is 2.36. The quantitative estimate of drug-likeness (QED) is 0.589. The van der Waals surface area contributed by atoms with Gasteiger partial charge in [-0.25, -0.2) is 0 Å². The number of ether oxygens (including phenoxy) is 1. The number of halogens is 1. The van der Waals surface area contributed by atoms with Gasteiger partial charge in [0.15, 0.2) is 0 Å². The third kappa shape index (κ3) is 3.67. The first-order valence-corrected chi connectivity index (χ1v) is 8.57. The van der Waals surface area contributed by atoms with Crippen LogP contribution in [0.4, 0.5) is 5.69 Å². The first kappa shape index (κ1) is 16.7. The standard InChI is InChI=1S/C19H18BrNO3/c1-12-7-13(2)9-16(8-12)21-11-14(10-18(21)22)19(23)24-17-5-3-15(20)4-6-17/h3-9,14H,10-11H2,1-2H3/t14-/m0/s1. The molecular weight excluding hydrogens is 370 g/mol. The molecule has 0 unspecified atom stereocenters. The smallest absolute Gasteiger partial charge is 0.316 e. The molecule has 0 spiro atoms. The van der Waals surface area contributed by atoms with Crippen LogP contribution in [-0.2, 0) is 9.59 Å². The number of carbonyl (C=O) groups is 2. The second-order valence-corrected chi connectivity index (χ2v) is 7.04. The number of hydrogen-bond acceptors (Lipinski definition) is 3. The van der Waals surface area contributed by atoms with Crippen molar-refractivity contribution in [2.24, 2.45) is 5.92 Å². The van der Waals surface area contributed by atoms with E-state index in [9.17, 15) is 9.59 Å². The Morgan fingerprint density at radius 1 is 1.12 bits per heavy atom. The summed E-state index contributed by atoms with van der Waals surface area (Å²) < 4.78 is 6.31. The fourth-order valence-electron chi connectivity index (χ4n) is 2.92. The lowest BCUT2D eigenvalue weighted by Gasteiger charge is -2.18. The molecule has 0 N–H and O–H groups in total. The van der Waals surface area contributed by atoms with Crippen LogP contribution in [0.3, 0.4) is 0 Å². The summed E-state index contributed by atoms with van der Waals surface area (Å²) >= 11 is 3.34. The highest BCUT2D eigenvalue weighted by molar-refractivity contribution is 9.10. The van der Waals surface area contributed by atoms with Gasteiger partial charge in [-0.3, -0.25) is 9.59 Å². The molecule has 1 aliphatic rings. The van der Waals surface area contributed by atoms with Gasteiger partial charge in [-0.2, -0.15) is 0 Å². The van der Waals surface area contributed by atoms with Crippen LogP contribution in [0.5, 0.6) is 5.75 Å². The molecule has 1 amide bonds. The zero-order valence-electron chi connectivity index (χ0n) is 13.6. The van der Waals surface area contributed by atoms with Crippen molar-refractivity contribution in [1.82, 2.24) is 0 Å². The Bertz CT molecular complexity index is 765. The topological polar surface area (TPSA) is 46.6 Å². The molecule has 1 atom stereocenters. The first-order valence-electron chi connectivity index (χ1n) is 7.78. The largest absolute Gasteiger partial charge is 0.426 e. The van der Waals surface area contributed by atoms with Crippen LogP contribution in [0.15, 0.2) is 46.9 Å². The Kier molecular flexibility index (Phi) is 4.71. The molecule has 1 aliphatic heterocycles. The highest BCUT2D eigenvalue weighted by atomic mass is 79.9. The third-order valence-corrected chi connectivity index (χ3v) is 4.54. The number of anilines is 1. The van der Waals surface area contributed by atoms with Crippen LogP contribution >= 0.6 is 15.9 Å². The van der Waals surface area contributed by atoms with Crippen molar-refractivity contribution in [3.63, 3.8) is 0 Å². The van der Waals surface area contributed by atoms with E-state index in [0.717, 1.165) is 21.3 Å². The fourth-order valence-corrected chi connectivity index (χ4v) is 3.19. The molecule has 24 heavy (non-hydrogen) atoms. The van der Waals surface area contributed by atoms with E-state index in [1.165, 1.54) is 0 Å². The normalized spacial score (nSPS) is 17.2. The number of carbonyl (C=O) groups excluding carboxylic acids is 2. The highest BCUT2D eigenvalue weighted by Crippen LogP contribution is 2.28. The Hall–Kier alpha value is -2.14. The van der Waals surface area contributed by atoms with Gasteiger partial charge in [0.1, 0.15) is 5.75 Å². The zero-order chi connectivity index (χ0) is 17.3. The monoisotopic (exact) mass is 387 g/mol. The summed E-state index contributed by atoms with van der Waals surface area (Å²) in [7, 11) is 0. The summed E-state index contributed by atoms with van der Waals surface area (Å²) in [5.74, 6) is -0.363. The maximum absolute atomic E-state index is 12.3. The summed E-state index contributed by atoms with van der Waals surface area (Å²) in [6, 6.07) is 13.1. The summed E-state index contributed by atoms with van der Waals surface area (Å²) in [4.78, 5) is 26.3. The van der Waals surface area contributed by atoms with Gasteiger partial charge in [-0.15, -0.1) is 0 Å². The van der Waals surface area contributed by atoms with Gasteiger partial charge in [-0.1, -0.05) is 22.0 Å². The zero-order valence-corrected chi connectivity index (χ0v) is 15.2. The van der Waals surface area contributed by atoms with E-state index in [1.807, 2.05) is 38.1 Å². The molecule has 4 nitrogen and oxygen atoms in total. The van der Waals surface area contributed by atoms with E-state index >= 15 is 0 Å². The second kappa shape index (κ2) is 6.77. The van der Waals surface area contributed by atoms with Gasteiger partial charge in [0.25, 0.3) is 0 Å². The lowest BCUT2D eigenvalue weighted by Crippen LogP contribution is -2.27. The Labute approximate surface area is 149 Å². The fraction of sp³-hybridized carbons (Fsp3) is 0.263. The summed E-state index contributed by atoms with van der Waals surface area (Å²) in [5, 5.41) is 0. The number of rotatable bonds is 3. The van der Waals surface area contributed by atoms with Crippen molar-refractivity contribution in [3.8, 4) is 5.75 Å². The van der Waals surface area contributed by atoms with Gasteiger partial charge in [0.05, 0.1) is 5.92 Å². The molecule has 2 aromatic rings. The van der Waals surface area contributed by atoms with Crippen LogP contribution < -0.4 is 9.64 Å². The second-order valence-electron chi connectivity index (χ2n) is 6.13. The average Bonchev–Trinajstić information content (AvgIpc) is 2.91. The van der Waals surface area contributed by atoms with Crippen molar-refractivity contribution in [1.29, 1.82) is 0 Å². The van der Waals surface area contributed by atoms with Crippen molar-refractivity contribution in [2.75, 3.05) is 11.4 Å². The molecule has 1 fully saturated rings. The van der Waals surface area contributed by atoms with Gasteiger partial charge in [0, 0.05) is 23.1 Å². The van der Waals surface area contributed by atoms with Gasteiger partial charge < -0.3 is 9.64 Å². The molecule has 2 aromatic carbocycles. The predicted octanol–water partition coefficient (Wildman–Crippen LogP) is 4.02. The molecule has 0 bridgehead atoms. The van der Waals surface area contributed by atoms with Crippen LogP contribution in [0, 0.1) is 19.8 Å². The van der Waals surface area contributed by atoms with Crippen LogP contribution in [0.25, 0.3) is 0 Å². The first-order chi connectivity index (χ1) is 11.4. The lowest BCUT2D eigenvalue weighted by atomic mass is 10.1. The molecular formula is C19H18BrNO3. The number of hydrogen-bond donors (Lipinski definition) is 0. The molecule has 0 aliphatic carbocycles. The van der Waals surface area contributed by atoms with Crippen LogP contribution in [-0.4, -0.2) is 18.4 Å². The minimum Gasteiger partial charge on any atom is -0.426 e. The lowest BCUT2D eigenvalue weighted by molar-refractivity contribution is -0.139.